The molecule has 0 atom stereocenters. The highest BCUT2D eigenvalue weighted by molar-refractivity contribution is 6.01. The largest absolute Gasteiger partial charge is 0.353 e. The second kappa shape index (κ2) is 6.60. The maximum absolute atomic E-state index is 13.7. The van der Waals surface area contributed by atoms with Gasteiger partial charge >= 0.3 is 0 Å². The van der Waals surface area contributed by atoms with Crippen molar-refractivity contribution in [3.63, 3.8) is 0 Å². The second-order valence-electron chi connectivity index (χ2n) is 6.22. The zero-order valence-corrected chi connectivity index (χ0v) is 14.7. The molecule has 1 amide bonds. The monoisotopic (exact) mass is 361 g/mol. The predicted octanol–water partition coefficient (Wildman–Crippen LogP) is 4.09. The minimum absolute atomic E-state index is 0.198. The van der Waals surface area contributed by atoms with Crippen molar-refractivity contribution in [1.29, 1.82) is 0 Å². The van der Waals surface area contributed by atoms with Gasteiger partial charge in [-0.2, -0.15) is 4.39 Å². The first kappa shape index (κ1) is 16.8. The van der Waals surface area contributed by atoms with Crippen LogP contribution in [0.15, 0.2) is 48.9 Å². The van der Waals surface area contributed by atoms with Crippen LogP contribution >= 0.6 is 0 Å². The van der Waals surface area contributed by atoms with E-state index in [1.165, 1.54) is 13.1 Å². The van der Waals surface area contributed by atoms with Gasteiger partial charge in [-0.05, 0) is 37.3 Å². The van der Waals surface area contributed by atoms with E-state index in [-0.39, 0.29) is 5.91 Å². The quantitative estimate of drug-likeness (QED) is 0.538. The van der Waals surface area contributed by atoms with Gasteiger partial charge in [0.05, 0.1) is 16.7 Å². The Labute approximate surface area is 154 Å². The number of hydrogen-bond acceptors (Lipinski definition) is 4. The number of aromatic nitrogens is 4. The average molecular weight is 361 g/mol. The summed E-state index contributed by atoms with van der Waals surface area (Å²) in [5.74, 6) is -0.243. The number of rotatable bonds is 3. The Morgan fingerprint density at radius 3 is 2.74 bits per heavy atom. The molecule has 4 heterocycles. The summed E-state index contributed by atoms with van der Waals surface area (Å²) in [6, 6.07) is 9.13. The van der Waals surface area contributed by atoms with Gasteiger partial charge in [-0.1, -0.05) is 0 Å². The molecule has 4 aromatic heterocycles. The van der Waals surface area contributed by atoms with E-state index in [1.54, 1.807) is 31.5 Å². The first-order valence-corrected chi connectivity index (χ1v) is 8.36. The number of carbonyl (C=O) groups is 1. The van der Waals surface area contributed by atoms with Crippen LogP contribution in [0.3, 0.4) is 0 Å². The topological polar surface area (TPSA) is 83.6 Å². The predicted molar refractivity (Wildman–Crippen MR) is 102 cm³/mol. The summed E-state index contributed by atoms with van der Waals surface area (Å²) in [6.45, 7) is 3.11. The van der Waals surface area contributed by atoms with Crippen molar-refractivity contribution in [1.82, 2.24) is 19.9 Å². The molecule has 0 aliphatic heterocycles. The third-order valence-electron chi connectivity index (χ3n) is 4.21. The molecule has 6 nitrogen and oxygen atoms in total. The van der Waals surface area contributed by atoms with E-state index in [0.29, 0.717) is 11.4 Å². The molecule has 0 bridgehead atoms. The fourth-order valence-corrected chi connectivity index (χ4v) is 3.05. The standard InChI is InChI=1S/C20H16FN5O/c1-11-8-14(10-24-20(11)21)17-18(26-15-4-3-6-23-19(15)17)13-5-7-22-16(9-13)25-12(2)27/h3-10,26H,1-2H3,(H,22,25,27). The number of carbonyl (C=O) groups excluding carboxylic acids is 1. The van der Waals surface area contributed by atoms with E-state index >= 15 is 0 Å². The van der Waals surface area contributed by atoms with Crippen molar-refractivity contribution in [2.45, 2.75) is 13.8 Å². The van der Waals surface area contributed by atoms with Gasteiger partial charge in [0.1, 0.15) is 5.82 Å². The maximum atomic E-state index is 13.7. The van der Waals surface area contributed by atoms with Gasteiger partial charge < -0.3 is 10.3 Å². The van der Waals surface area contributed by atoms with Crippen LogP contribution in [-0.4, -0.2) is 25.8 Å². The van der Waals surface area contributed by atoms with E-state index in [2.05, 4.69) is 25.3 Å². The highest BCUT2D eigenvalue weighted by Gasteiger charge is 2.18. The number of pyridine rings is 3. The molecule has 0 saturated heterocycles. The first-order valence-electron chi connectivity index (χ1n) is 8.36. The Balaban J connectivity index is 1.96. The Bertz CT molecular complexity index is 1170. The molecule has 4 rings (SSSR count). The zero-order valence-electron chi connectivity index (χ0n) is 14.7. The van der Waals surface area contributed by atoms with Gasteiger partial charge in [0, 0.05) is 47.8 Å². The molecule has 0 aliphatic rings. The number of aromatic amines is 1. The molecule has 27 heavy (non-hydrogen) atoms. The number of halogens is 1. The summed E-state index contributed by atoms with van der Waals surface area (Å²) >= 11 is 0. The molecule has 0 fully saturated rings. The van der Waals surface area contributed by atoms with Crippen LogP contribution in [0.25, 0.3) is 33.4 Å². The molecular weight excluding hydrogens is 345 g/mol. The van der Waals surface area contributed by atoms with Gasteiger partial charge in [-0.3, -0.25) is 9.78 Å². The van der Waals surface area contributed by atoms with Crippen molar-refractivity contribution in [2.75, 3.05) is 5.32 Å². The number of fused-ring (bicyclic) bond motifs is 1. The summed E-state index contributed by atoms with van der Waals surface area (Å²) in [5, 5.41) is 2.68. The Morgan fingerprint density at radius 2 is 1.96 bits per heavy atom. The molecule has 2 N–H and O–H groups in total. The van der Waals surface area contributed by atoms with Gasteiger partial charge in [0.2, 0.25) is 11.9 Å². The Morgan fingerprint density at radius 1 is 1.11 bits per heavy atom. The van der Waals surface area contributed by atoms with Crippen molar-refractivity contribution >= 4 is 22.8 Å². The van der Waals surface area contributed by atoms with Crippen LogP contribution in [-0.2, 0) is 4.79 Å². The van der Waals surface area contributed by atoms with Crippen LogP contribution in [0.2, 0.25) is 0 Å². The summed E-state index contributed by atoms with van der Waals surface area (Å²) in [4.78, 5) is 27.2. The molecular formula is C20H16FN5O. The van der Waals surface area contributed by atoms with Gasteiger partial charge in [-0.15, -0.1) is 0 Å². The van der Waals surface area contributed by atoms with Gasteiger partial charge in [0.25, 0.3) is 0 Å². The van der Waals surface area contributed by atoms with Crippen LogP contribution < -0.4 is 5.32 Å². The molecule has 0 spiro atoms. The lowest BCUT2D eigenvalue weighted by atomic mass is 10.0. The number of H-pyrrole nitrogens is 1. The lowest BCUT2D eigenvalue weighted by Crippen LogP contribution is -2.07. The molecule has 0 radical (unpaired) electrons. The molecule has 0 saturated carbocycles. The Kier molecular flexibility index (Phi) is 4.12. The lowest BCUT2D eigenvalue weighted by Gasteiger charge is -2.08. The number of nitrogens with one attached hydrogen (secondary N) is 2. The zero-order chi connectivity index (χ0) is 19.0. The van der Waals surface area contributed by atoms with Crippen molar-refractivity contribution in [3.8, 4) is 22.4 Å². The number of anilines is 1. The van der Waals surface area contributed by atoms with Crippen LogP contribution in [0.4, 0.5) is 10.2 Å². The first-order chi connectivity index (χ1) is 13.0. The van der Waals surface area contributed by atoms with E-state index in [4.69, 9.17) is 0 Å². The SMILES string of the molecule is CC(=O)Nc1cc(-c2[nH]c3cccnc3c2-c2cnc(F)c(C)c2)ccn1. The molecule has 134 valence electrons. The summed E-state index contributed by atoms with van der Waals surface area (Å²) in [5.41, 5.74) is 5.26. The highest BCUT2D eigenvalue weighted by Crippen LogP contribution is 2.37. The van der Waals surface area contributed by atoms with E-state index in [1.807, 2.05) is 18.2 Å². The lowest BCUT2D eigenvalue weighted by molar-refractivity contribution is -0.114. The van der Waals surface area contributed by atoms with Crippen LogP contribution in [0, 0.1) is 12.9 Å². The van der Waals surface area contributed by atoms with E-state index in [0.717, 1.165) is 33.4 Å². The summed E-state index contributed by atoms with van der Waals surface area (Å²) in [7, 11) is 0. The summed E-state index contributed by atoms with van der Waals surface area (Å²) < 4.78 is 13.7. The molecule has 7 heteroatoms. The fraction of sp³-hybridized carbons (Fsp3) is 0.100. The van der Waals surface area contributed by atoms with Gasteiger partial charge in [0.15, 0.2) is 0 Å². The van der Waals surface area contributed by atoms with E-state index < -0.39 is 5.95 Å². The second-order valence-corrected chi connectivity index (χ2v) is 6.22. The third kappa shape index (κ3) is 3.15. The summed E-state index contributed by atoms with van der Waals surface area (Å²) in [6.07, 6.45) is 4.83. The number of nitrogens with zero attached hydrogens (tertiary/aromatic N) is 3. The smallest absolute Gasteiger partial charge is 0.222 e. The molecule has 0 unspecified atom stereocenters. The van der Waals surface area contributed by atoms with Crippen LogP contribution in [0.5, 0.6) is 0 Å². The number of aryl methyl sites for hydroxylation is 1. The van der Waals surface area contributed by atoms with Crippen molar-refractivity contribution < 1.29 is 9.18 Å². The fourth-order valence-electron chi connectivity index (χ4n) is 3.05. The van der Waals surface area contributed by atoms with Crippen LogP contribution in [0.1, 0.15) is 12.5 Å². The normalized spacial score (nSPS) is 10.9. The third-order valence-corrected chi connectivity index (χ3v) is 4.21. The maximum Gasteiger partial charge on any atom is 0.222 e. The van der Waals surface area contributed by atoms with Crippen molar-refractivity contribution in [2.24, 2.45) is 0 Å². The molecule has 0 aromatic carbocycles. The van der Waals surface area contributed by atoms with E-state index in [9.17, 15) is 9.18 Å². The Hall–Kier alpha value is -3.61. The van der Waals surface area contributed by atoms with Gasteiger partial charge in [-0.25, -0.2) is 9.97 Å². The average Bonchev–Trinajstić information content (AvgIpc) is 3.03. The minimum atomic E-state index is -0.495. The molecule has 0 aliphatic carbocycles. The number of amides is 1. The highest BCUT2D eigenvalue weighted by atomic mass is 19.1. The number of hydrogen-bond donors (Lipinski definition) is 2. The molecule has 4 aromatic rings. The minimum Gasteiger partial charge on any atom is -0.353 e. The van der Waals surface area contributed by atoms with Crippen molar-refractivity contribution in [3.05, 3.63) is 60.4 Å².